The summed E-state index contributed by atoms with van der Waals surface area (Å²) < 4.78 is 0. The Balaban J connectivity index is 3.03. The molecule has 0 saturated carbocycles. The average Bonchev–Trinajstić information content (AvgIpc) is 2.21. The Bertz CT molecular complexity index is 457. The summed E-state index contributed by atoms with van der Waals surface area (Å²) in [5.74, 6) is -0.751. The molecule has 92 valence electrons. The lowest BCUT2D eigenvalue weighted by atomic mass is 10.0. The van der Waals surface area contributed by atoms with Gasteiger partial charge in [-0.15, -0.1) is 0 Å². The topological polar surface area (TPSA) is 66.4 Å². The van der Waals surface area contributed by atoms with Gasteiger partial charge < -0.3 is 10.4 Å². The monoisotopic (exact) mass is 253 g/mol. The van der Waals surface area contributed by atoms with Crippen LogP contribution in [0.15, 0.2) is 12.1 Å². The van der Waals surface area contributed by atoms with E-state index < -0.39 is 5.97 Å². The van der Waals surface area contributed by atoms with Crippen molar-refractivity contribution < 1.29 is 14.7 Å². The molecule has 2 N–H and O–H groups in total. The number of carboxylic acid groups (broad SMARTS) is 1. The molecule has 4 nitrogen and oxygen atoms in total. The molecule has 0 fully saturated rings. The number of aromatic carboxylic acids is 1. The molecule has 1 amide bonds. The molecular weight excluding hydrogens is 238 g/mol. The zero-order valence-electron chi connectivity index (χ0n) is 10.0. The third-order valence-corrected chi connectivity index (χ3v) is 2.90. The van der Waals surface area contributed by atoms with E-state index in [2.05, 4.69) is 5.32 Å². The largest absolute Gasteiger partial charge is 0.478 e. The van der Waals surface area contributed by atoms with Crippen molar-refractivity contribution in [1.29, 1.82) is 0 Å². The first-order chi connectivity index (χ1) is 7.95. The van der Waals surface area contributed by atoms with Gasteiger partial charge in [0.15, 0.2) is 0 Å². The van der Waals surface area contributed by atoms with Gasteiger partial charge in [-0.1, -0.05) is 6.07 Å². The van der Waals surface area contributed by atoms with E-state index in [1.807, 2.05) is 13.2 Å². The van der Waals surface area contributed by atoms with Gasteiger partial charge in [0.25, 0.3) is 0 Å². The van der Waals surface area contributed by atoms with Gasteiger partial charge in [0.05, 0.1) is 11.3 Å². The fourth-order valence-corrected chi connectivity index (χ4v) is 1.87. The number of carbonyl (C=O) groups is 2. The van der Waals surface area contributed by atoms with Crippen LogP contribution in [0, 0.1) is 13.8 Å². The van der Waals surface area contributed by atoms with Crippen molar-refractivity contribution in [2.45, 2.75) is 13.8 Å². The highest BCUT2D eigenvalue weighted by molar-refractivity contribution is 7.99. The van der Waals surface area contributed by atoms with Crippen LogP contribution < -0.4 is 5.32 Å². The summed E-state index contributed by atoms with van der Waals surface area (Å²) >= 11 is 1.42. The van der Waals surface area contributed by atoms with Crippen LogP contribution in [0.3, 0.4) is 0 Å². The van der Waals surface area contributed by atoms with Gasteiger partial charge in [-0.2, -0.15) is 11.8 Å². The van der Waals surface area contributed by atoms with Gasteiger partial charge in [-0.3, -0.25) is 4.79 Å². The van der Waals surface area contributed by atoms with Crippen molar-refractivity contribution in [3.8, 4) is 0 Å². The number of benzene rings is 1. The first-order valence-electron chi connectivity index (χ1n) is 5.09. The maximum atomic E-state index is 11.5. The number of hydrogen-bond acceptors (Lipinski definition) is 3. The maximum Gasteiger partial charge on any atom is 0.336 e. The lowest BCUT2D eigenvalue weighted by Gasteiger charge is -2.11. The van der Waals surface area contributed by atoms with E-state index in [-0.39, 0.29) is 11.5 Å². The van der Waals surface area contributed by atoms with Gasteiger partial charge in [0.1, 0.15) is 0 Å². The third-order valence-electron chi connectivity index (χ3n) is 2.35. The lowest BCUT2D eigenvalue weighted by molar-refractivity contribution is -0.113. The predicted molar refractivity (Wildman–Crippen MR) is 69.9 cm³/mol. The van der Waals surface area contributed by atoms with Gasteiger partial charge in [0.2, 0.25) is 5.91 Å². The lowest BCUT2D eigenvalue weighted by Crippen LogP contribution is -2.15. The van der Waals surface area contributed by atoms with Crippen LogP contribution in [0.25, 0.3) is 0 Å². The molecule has 0 aliphatic carbocycles. The van der Waals surface area contributed by atoms with Crippen molar-refractivity contribution >= 4 is 29.3 Å². The summed E-state index contributed by atoms with van der Waals surface area (Å²) in [6, 6.07) is 3.27. The van der Waals surface area contributed by atoms with Crippen LogP contribution in [0.1, 0.15) is 21.5 Å². The normalized spacial score (nSPS) is 10.1. The van der Waals surface area contributed by atoms with E-state index in [4.69, 9.17) is 5.11 Å². The zero-order chi connectivity index (χ0) is 13.0. The molecule has 1 rings (SSSR count). The fraction of sp³-hybridized carbons (Fsp3) is 0.333. The first-order valence-corrected chi connectivity index (χ1v) is 6.48. The smallest absolute Gasteiger partial charge is 0.336 e. The summed E-state index contributed by atoms with van der Waals surface area (Å²) in [7, 11) is 0. The Morgan fingerprint density at radius 2 is 1.94 bits per heavy atom. The zero-order valence-corrected chi connectivity index (χ0v) is 10.9. The molecule has 0 saturated heterocycles. The highest BCUT2D eigenvalue weighted by atomic mass is 32.2. The van der Waals surface area contributed by atoms with E-state index in [1.165, 1.54) is 17.8 Å². The van der Waals surface area contributed by atoms with Crippen LogP contribution >= 0.6 is 11.8 Å². The number of carbonyl (C=O) groups excluding carboxylic acids is 1. The minimum atomic E-state index is -0.983. The average molecular weight is 253 g/mol. The summed E-state index contributed by atoms with van der Waals surface area (Å²) in [5.41, 5.74) is 2.34. The Morgan fingerprint density at radius 1 is 1.29 bits per heavy atom. The molecule has 0 bridgehead atoms. The molecule has 5 heteroatoms. The van der Waals surface area contributed by atoms with Crippen LogP contribution in [0.2, 0.25) is 0 Å². The second kappa shape index (κ2) is 5.72. The molecule has 0 aromatic heterocycles. The number of hydrogen-bond donors (Lipinski definition) is 2. The Kier molecular flexibility index (Phi) is 4.57. The standard InChI is InChI=1S/C12H15NO3S/c1-7-4-8(2)10(5-9(7)12(15)16)13-11(14)6-17-3/h4-5H,6H2,1-3H3,(H,13,14)(H,15,16). The number of rotatable bonds is 4. The van der Waals surface area contributed by atoms with Gasteiger partial charge >= 0.3 is 5.97 Å². The SMILES string of the molecule is CSCC(=O)Nc1cc(C(=O)O)c(C)cc1C. The molecule has 0 aliphatic heterocycles. The number of amides is 1. The molecule has 0 spiro atoms. The number of anilines is 1. The quantitative estimate of drug-likeness (QED) is 0.864. The molecular formula is C12H15NO3S. The maximum absolute atomic E-state index is 11.5. The van der Waals surface area contributed by atoms with Crippen molar-refractivity contribution in [2.75, 3.05) is 17.3 Å². The van der Waals surface area contributed by atoms with E-state index in [0.717, 1.165) is 5.56 Å². The predicted octanol–water partition coefficient (Wildman–Crippen LogP) is 2.30. The molecule has 17 heavy (non-hydrogen) atoms. The Labute approximate surface area is 104 Å². The minimum absolute atomic E-state index is 0.124. The van der Waals surface area contributed by atoms with E-state index in [0.29, 0.717) is 17.0 Å². The molecule has 0 heterocycles. The second-order valence-corrected chi connectivity index (χ2v) is 4.63. The first kappa shape index (κ1) is 13.6. The summed E-state index contributed by atoms with van der Waals surface area (Å²) in [6.45, 7) is 3.58. The van der Waals surface area contributed by atoms with Crippen molar-refractivity contribution in [3.05, 3.63) is 28.8 Å². The molecule has 0 radical (unpaired) electrons. The highest BCUT2D eigenvalue weighted by Gasteiger charge is 2.11. The fourth-order valence-electron chi connectivity index (χ4n) is 1.53. The van der Waals surface area contributed by atoms with Crippen molar-refractivity contribution in [3.63, 3.8) is 0 Å². The summed E-state index contributed by atoms with van der Waals surface area (Å²) in [4.78, 5) is 22.4. The van der Waals surface area contributed by atoms with Crippen LogP contribution in [-0.4, -0.2) is 29.0 Å². The number of aryl methyl sites for hydroxylation is 2. The minimum Gasteiger partial charge on any atom is -0.478 e. The highest BCUT2D eigenvalue weighted by Crippen LogP contribution is 2.21. The Hall–Kier alpha value is -1.49. The molecule has 0 atom stereocenters. The molecule has 1 aromatic carbocycles. The number of thioether (sulfide) groups is 1. The van der Waals surface area contributed by atoms with E-state index >= 15 is 0 Å². The van der Waals surface area contributed by atoms with Crippen LogP contribution in [0.4, 0.5) is 5.69 Å². The molecule has 1 aromatic rings. The second-order valence-electron chi connectivity index (χ2n) is 3.77. The van der Waals surface area contributed by atoms with Gasteiger partial charge in [0, 0.05) is 5.69 Å². The van der Waals surface area contributed by atoms with Crippen LogP contribution in [-0.2, 0) is 4.79 Å². The Morgan fingerprint density at radius 3 is 2.47 bits per heavy atom. The number of carboxylic acids is 1. The molecule has 0 aliphatic rings. The number of nitrogens with one attached hydrogen (secondary N) is 1. The van der Waals surface area contributed by atoms with E-state index in [9.17, 15) is 9.59 Å². The summed E-state index contributed by atoms with van der Waals surface area (Å²) in [6.07, 6.45) is 1.84. The van der Waals surface area contributed by atoms with Gasteiger partial charge in [-0.25, -0.2) is 4.79 Å². The molecule has 0 unspecified atom stereocenters. The van der Waals surface area contributed by atoms with Gasteiger partial charge in [-0.05, 0) is 37.3 Å². The van der Waals surface area contributed by atoms with E-state index in [1.54, 1.807) is 13.0 Å². The van der Waals surface area contributed by atoms with Crippen LogP contribution in [0.5, 0.6) is 0 Å². The van der Waals surface area contributed by atoms with Crippen molar-refractivity contribution in [1.82, 2.24) is 0 Å². The van der Waals surface area contributed by atoms with Crippen molar-refractivity contribution in [2.24, 2.45) is 0 Å². The summed E-state index contributed by atoms with van der Waals surface area (Å²) in [5, 5.41) is 11.7. The third kappa shape index (κ3) is 3.49.